The molecule has 0 saturated heterocycles. The van der Waals surface area contributed by atoms with E-state index in [1.54, 1.807) is 31.3 Å². The highest BCUT2D eigenvalue weighted by Gasteiger charge is 2.15. The zero-order valence-electron chi connectivity index (χ0n) is 9.79. The van der Waals surface area contributed by atoms with Gasteiger partial charge in [0.2, 0.25) is 11.8 Å². The van der Waals surface area contributed by atoms with Crippen molar-refractivity contribution >= 4 is 11.9 Å². The van der Waals surface area contributed by atoms with Gasteiger partial charge in [0, 0.05) is 13.6 Å². The van der Waals surface area contributed by atoms with Crippen molar-refractivity contribution in [3.8, 4) is 5.75 Å². The standard InChI is InChI=1S/C11H13N5O2/c1-16(6-7-2-4-8(17)5-3-7)10(18)9-13-11(12)15-14-9/h2-5,17H,6H2,1H3,(H3,12,13,14,15). The summed E-state index contributed by atoms with van der Waals surface area (Å²) in [4.78, 5) is 17.2. The maximum Gasteiger partial charge on any atom is 0.291 e. The summed E-state index contributed by atoms with van der Waals surface area (Å²) in [7, 11) is 1.65. The number of aromatic hydroxyl groups is 1. The molecule has 1 amide bonds. The van der Waals surface area contributed by atoms with E-state index in [0.29, 0.717) is 6.54 Å². The first-order valence-electron chi connectivity index (χ1n) is 5.27. The van der Waals surface area contributed by atoms with Crippen molar-refractivity contribution in [1.29, 1.82) is 0 Å². The van der Waals surface area contributed by atoms with E-state index in [1.165, 1.54) is 4.90 Å². The zero-order chi connectivity index (χ0) is 13.1. The number of hydrogen-bond acceptors (Lipinski definition) is 5. The summed E-state index contributed by atoms with van der Waals surface area (Å²) in [5, 5.41) is 15.2. The van der Waals surface area contributed by atoms with E-state index in [2.05, 4.69) is 15.2 Å². The zero-order valence-corrected chi connectivity index (χ0v) is 9.79. The summed E-state index contributed by atoms with van der Waals surface area (Å²) in [5.74, 6) is 0.0353. The molecule has 1 aromatic carbocycles. The van der Waals surface area contributed by atoms with E-state index < -0.39 is 0 Å². The van der Waals surface area contributed by atoms with Gasteiger partial charge in [-0.1, -0.05) is 12.1 Å². The molecular weight excluding hydrogens is 234 g/mol. The molecule has 7 heteroatoms. The lowest BCUT2D eigenvalue weighted by molar-refractivity contribution is 0.0773. The number of nitrogens with zero attached hydrogens (tertiary/aromatic N) is 3. The van der Waals surface area contributed by atoms with Gasteiger partial charge in [0.05, 0.1) is 0 Å². The van der Waals surface area contributed by atoms with Gasteiger partial charge >= 0.3 is 0 Å². The molecule has 4 N–H and O–H groups in total. The molecule has 0 aliphatic carbocycles. The van der Waals surface area contributed by atoms with Crippen molar-refractivity contribution in [2.45, 2.75) is 6.54 Å². The summed E-state index contributed by atoms with van der Waals surface area (Å²) >= 11 is 0. The first-order chi connectivity index (χ1) is 8.56. The van der Waals surface area contributed by atoms with Gasteiger partial charge in [-0.15, -0.1) is 5.10 Å². The molecule has 0 saturated carbocycles. The number of rotatable bonds is 3. The average molecular weight is 247 g/mol. The Morgan fingerprint density at radius 2 is 2.11 bits per heavy atom. The number of benzene rings is 1. The fourth-order valence-corrected chi connectivity index (χ4v) is 1.50. The van der Waals surface area contributed by atoms with Crippen molar-refractivity contribution in [3.63, 3.8) is 0 Å². The van der Waals surface area contributed by atoms with E-state index in [-0.39, 0.29) is 23.4 Å². The average Bonchev–Trinajstić information content (AvgIpc) is 2.78. The van der Waals surface area contributed by atoms with E-state index in [0.717, 1.165) is 5.56 Å². The van der Waals surface area contributed by atoms with Crippen LogP contribution in [0.3, 0.4) is 0 Å². The lowest BCUT2D eigenvalue weighted by Crippen LogP contribution is -2.27. The first-order valence-corrected chi connectivity index (χ1v) is 5.27. The number of carbonyl (C=O) groups is 1. The molecule has 18 heavy (non-hydrogen) atoms. The van der Waals surface area contributed by atoms with Gasteiger partial charge in [-0.05, 0) is 17.7 Å². The van der Waals surface area contributed by atoms with Crippen LogP contribution in [0.15, 0.2) is 24.3 Å². The predicted octanol–water partition coefficient (Wildman–Crippen LogP) is 0.365. The third kappa shape index (κ3) is 2.57. The molecule has 0 atom stereocenters. The van der Waals surface area contributed by atoms with Gasteiger partial charge in [0.15, 0.2) is 0 Å². The lowest BCUT2D eigenvalue weighted by atomic mass is 10.2. The van der Waals surface area contributed by atoms with Gasteiger partial charge in [-0.25, -0.2) is 0 Å². The normalized spacial score (nSPS) is 10.3. The number of aromatic nitrogens is 3. The molecule has 2 rings (SSSR count). The number of phenolic OH excluding ortho intramolecular Hbond substituents is 1. The van der Waals surface area contributed by atoms with Crippen molar-refractivity contribution in [2.24, 2.45) is 0 Å². The number of H-pyrrole nitrogens is 1. The highest BCUT2D eigenvalue weighted by molar-refractivity contribution is 5.90. The maximum absolute atomic E-state index is 11.9. The Labute approximate surface area is 103 Å². The summed E-state index contributed by atoms with van der Waals surface area (Å²) in [6.07, 6.45) is 0. The summed E-state index contributed by atoms with van der Waals surface area (Å²) in [5.41, 5.74) is 6.23. The van der Waals surface area contributed by atoms with Crippen molar-refractivity contribution in [2.75, 3.05) is 12.8 Å². The van der Waals surface area contributed by atoms with Crippen LogP contribution in [-0.4, -0.2) is 38.1 Å². The van der Waals surface area contributed by atoms with E-state index >= 15 is 0 Å². The molecule has 0 aliphatic rings. The number of aromatic amines is 1. The molecule has 1 aromatic heterocycles. The number of phenols is 1. The molecule has 1 heterocycles. The largest absolute Gasteiger partial charge is 0.508 e. The third-order valence-corrected chi connectivity index (χ3v) is 2.41. The van der Waals surface area contributed by atoms with Crippen LogP contribution in [0.1, 0.15) is 16.2 Å². The van der Waals surface area contributed by atoms with Crippen LogP contribution in [0.4, 0.5) is 5.95 Å². The number of carbonyl (C=O) groups excluding carboxylic acids is 1. The number of amides is 1. The SMILES string of the molecule is CN(Cc1ccc(O)cc1)C(=O)c1nc(N)n[nH]1. The molecule has 0 bridgehead atoms. The van der Waals surface area contributed by atoms with Gasteiger partial charge in [0.25, 0.3) is 5.91 Å². The van der Waals surface area contributed by atoms with Crippen molar-refractivity contribution in [3.05, 3.63) is 35.7 Å². The molecule has 94 valence electrons. The Morgan fingerprint density at radius 3 is 2.67 bits per heavy atom. The Morgan fingerprint density at radius 1 is 1.44 bits per heavy atom. The van der Waals surface area contributed by atoms with Gasteiger partial charge in [-0.2, -0.15) is 4.98 Å². The smallest absolute Gasteiger partial charge is 0.291 e. The molecule has 0 spiro atoms. The quantitative estimate of drug-likeness (QED) is 0.726. The lowest BCUT2D eigenvalue weighted by Gasteiger charge is -2.15. The number of anilines is 1. The second kappa shape index (κ2) is 4.74. The van der Waals surface area contributed by atoms with Crippen LogP contribution in [0.25, 0.3) is 0 Å². The fraction of sp³-hybridized carbons (Fsp3) is 0.182. The van der Waals surface area contributed by atoms with Gasteiger partial charge < -0.3 is 15.7 Å². The minimum atomic E-state index is -0.299. The van der Waals surface area contributed by atoms with Crippen LogP contribution in [-0.2, 0) is 6.54 Å². The minimum absolute atomic E-state index is 0.0383. The first kappa shape index (κ1) is 11.9. The van der Waals surface area contributed by atoms with Crippen LogP contribution in [0, 0.1) is 0 Å². The van der Waals surface area contributed by atoms with Crippen molar-refractivity contribution in [1.82, 2.24) is 20.1 Å². The van der Waals surface area contributed by atoms with Crippen LogP contribution in [0.2, 0.25) is 0 Å². The second-order valence-electron chi connectivity index (χ2n) is 3.87. The number of nitrogen functional groups attached to an aromatic ring is 1. The number of nitrogens with two attached hydrogens (primary N) is 1. The maximum atomic E-state index is 11.9. The van der Waals surface area contributed by atoms with Crippen molar-refractivity contribution < 1.29 is 9.90 Å². The molecule has 2 aromatic rings. The van der Waals surface area contributed by atoms with Crippen LogP contribution >= 0.6 is 0 Å². The van der Waals surface area contributed by atoms with E-state index in [1.807, 2.05) is 0 Å². The van der Waals surface area contributed by atoms with Gasteiger partial charge in [0.1, 0.15) is 5.75 Å². The topological polar surface area (TPSA) is 108 Å². The second-order valence-corrected chi connectivity index (χ2v) is 3.87. The molecular formula is C11H13N5O2. The number of nitrogens with one attached hydrogen (secondary N) is 1. The Bertz CT molecular complexity index is 549. The molecule has 0 radical (unpaired) electrons. The van der Waals surface area contributed by atoms with E-state index in [4.69, 9.17) is 10.8 Å². The predicted molar refractivity (Wildman–Crippen MR) is 64.7 cm³/mol. The van der Waals surface area contributed by atoms with Crippen LogP contribution in [0.5, 0.6) is 5.75 Å². The minimum Gasteiger partial charge on any atom is -0.508 e. The van der Waals surface area contributed by atoms with Gasteiger partial charge in [-0.3, -0.25) is 9.89 Å². The Balaban J connectivity index is 2.05. The molecule has 7 nitrogen and oxygen atoms in total. The fourth-order valence-electron chi connectivity index (χ4n) is 1.50. The molecule has 0 unspecified atom stereocenters. The number of hydrogen-bond donors (Lipinski definition) is 3. The third-order valence-electron chi connectivity index (χ3n) is 2.41. The van der Waals surface area contributed by atoms with Crippen LogP contribution < -0.4 is 5.73 Å². The Hall–Kier alpha value is -2.57. The van der Waals surface area contributed by atoms with E-state index in [9.17, 15) is 4.79 Å². The summed E-state index contributed by atoms with van der Waals surface area (Å²) < 4.78 is 0. The monoisotopic (exact) mass is 247 g/mol. The highest BCUT2D eigenvalue weighted by atomic mass is 16.3. The molecule has 0 fully saturated rings. The Kier molecular flexibility index (Phi) is 3.13. The summed E-state index contributed by atoms with van der Waals surface area (Å²) in [6, 6.07) is 6.63. The molecule has 0 aliphatic heterocycles. The highest BCUT2D eigenvalue weighted by Crippen LogP contribution is 2.11. The summed E-state index contributed by atoms with van der Waals surface area (Å²) in [6.45, 7) is 0.402.